The van der Waals surface area contributed by atoms with Crippen LogP contribution in [0.5, 0.6) is 17.2 Å². The minimum Gasteiger partial charge on any atom is -0.492 e. The average Bonchev–Trinajstić information content (AvgIpc) is 2.89. The standard InChI is InChI=1S/C27H31NO6/c1-20(17-32-24-12-14-25(15-13-24)34-19-27(30)31-2)28-16-26(29)22-8-10-23(11-9-22)33-18-21-6-4-3-5-7-21/h3-15,20,26,28-29H,16-19H2,1-2H3. The van der Waals surface area contributed by atoms with Gasteiger partial charge in [0, 0.05) is 12.6 Å². The number of hydrogen-bond acceptors (Lipinski definition) is 7. The molecule has 0 aliphatic carbocycles. The minimum atomic E-state index is -0.642. The Balaban J connectivity index is 1.36. The Morgan fingerprint density at radius 1 is 0.853 bits per heavy atom. The van der Waals surface area contributed by atoms with Crippen LogP contribution in [0.1, 0.15) is 24.2 Å². The molecule has 0 bridgehead atoms. The third-order valence-electron chi connectivity index (χ3n) is 5.08. The Hall–Kier alpha value is -3.55. The van der Waals surface area contributed by atoms with Crippen molar-refractivity contribution in [3.05, 3.63) is 90.0 Å². The normalized spacial score (nSPS) is 12.4. The van der Waals surface area contributed by atoms with Crippen molar-refractivity contribution in [3.8, 4) is 17.2 Å². The summed E-state index contributed by atoms with van der Waals surface area (Å²) < 4.78 is 21.4. The van der Waals surface area contributed by atoms with Gasteiger partial charge < -0.3 is 29.4 Å². The second kappa shape index (κ2) is 13.2. The molecule has 0 saturated heterocycles. The molecule has 0 aromatic heterocycles. The van der Waals surface area contributed by atoms with Crippen molar-refractivity contribution >= 4 is 5.97 Å². The van der Waals surface area contributed by atoms with Crippen molar-refractivity contribution < 1.29 is 28.8 Å². The molecule has 0 saturated carbocycles. The van der Waals surface area contributed by atoms with E-state index in [2.05, 4.69) is 10.1 Å². The van der Waals surface area contributed by atoms with E-state index in [9.17, 15) is 9.90 Å². The van der Waals surface area contributed by atoms with E-state index >= 15 is 0 Å². The SMILES string of the molecule is COC(=O)COc1ccc(OCC(C)NCC(O)c2ccc(OCc3ccccc3)cc2)cc1. The zero-order valence-corrected chi connectivity index (χ0v) is 19.5. The molecule has 3 aromatic rings. The summed E-state index contributed by atoms with van der Waals surface area (Å²) in [6.45, 7) is 3.19. The quantitative estimate of drug-likeness (QED) is 0.370. The fourth-order valence-corrected chi connectivity index (χ4v) is 3.07. The maximum atomic E-state index is 11.1. The van der Waals surface area contributed by atoms with E-state index in [4.69, 9.17) is 14.2 Å². The van der Waals surface area contributed by atoms with E-state index in [1.165, 1.54) is 7.11 Å². The van der Waals surface area contributed by atoms with Crippen molar-refractivity contribution in [3.63, 3.8) is 0 Å². The van der Waals surface area contributed by atoms with Crippen molar-refractivity contribution in [1.29, 1.82) is 0 Å². The number of aliphatic hydroxyl groups excluding tert-OH is 1. The summed E-state index contributed by atoms with van der Waals surface area (Å²) in [5.41, 5.74) is 1.92. The van der Waals surface area contributed by atoms with E-state index in [0.29, 0.717) is 31.3 Å². The Bertz CT molecular complexity index is 992. The summed E-state index contributed by atoms with van der Waals surface area (Å²) in [6, 6.07) is 24.5. The van der Waals surface area contributed by atoms with Gasteiger partial charge in [-0.05, 0) is 54.4 Å². The number of ether oxygens (including phenoxy) is 4. The average molecular weight is 466 g/mol. The Labute approximate surface area is 200 Å². The summed E-state index contributed by atoms with van der Waals surface area (Å²) >= 11 is 0. The molecule has 2 unspecified atom stereocenters. The Kier molecular flexibility index (Phi) is 9.76. The molecule has 2 atom stereocenters. The summed E-state index contributed by atoms with van der Waals surface area (Å²) in [7, 11) is 1.32. The van der Waals surface area contributed by atoms with Crippen LogP contribution < -0.4 is 19.5 Å². The molecule has 0 aliphatic heterocycles. The van der Waals surface area contributed by atoms with Gasteiger partial charge >= 0.3 is 5.97 Å². The first-order valence-electron chi connectivity index (χ1n) is 11.1. The molecule has 0 fully saturated rings. The van der Waals surface area contributed by atoms with Gasteiger partial charge in [-0.15, -0.1) is 0 Å². The highest BCUT2D eigenvalue weighted by atomic mass is 16.6. The van der Waals surface area contributed by atoms with E-state index in [-0.39, 0.29) is 12.6 Å². The number of carbonyl (C=O) groups is 1. The molecule has 7 nitrogen and oxygen atoms in total. The Morgan fingerprint density at radius 2 is 1.44 bits per heavy atom. The van der Waals surface area contributed by atoms with Crippen LogP contribution in [0.15, 0.2) is 78.9 Å². The van der Waals surface area contributed by atoms with E-state index < -0.39 is 12.1 Å². The van der Waals surface area contributed by atoms with Gasteiger partial charge in [0.25, 0.3) is 0 Å². The van der Waals surface area contributed by atoms with Gasteiger partial charge in [0.1, 0.15) is 30.5 Å². The van der Waals surface area contributed by atoms with Crippen molar-refractivity contribution in [1.82, 2.24) is 5.32 Å². The van der Waals surface area contributed by atoms with Crippen molar-refractivity contribution in [2.45, 2.75) is 25.7 Å². The predicted molar refractivity (Wildman–Crippen MR) is 129 cm³/mol. The maximum absolute atomic E-state index is 11.1. The van der Waals surface area contributed by atoms with Gasteiger partial charge in [-0.25, -0.2) is 4.79 Å². The molecule has 0 heterocycles. The minimum absolute atomic E-state index is 0.0263. The van der Waals surface area contributed by atoms with Crippen LogP contribution in [0.3, 0.4) is 0 Å². The summed E-state index contributed by atoms with van der Waals surface area (Å²) in [4.78, 5) is 11.1. The summed E-state index contributed by atoms with van der Waals surface area (Å²) in [5, 5.41) is 13.8. The fraction of sp³-hybridized carbons (Fsp3) is 0.296. The van der Waals surface area contributed by atoms with Crippen molar-refractivity contribution in [2.75, 3.05) is 26.9 Å². The van der Waals surface area contributed by atoms with Crippen LogP contribution in [0.25, 0.3) is 0 Å². The van der Waals surface area contributed by atoms with Gasteiger partial charge in [-0.2, -0.15) is 0 Å². The molecule has 7 heteroatoms. The number of carbonyl (C=O) groups excluding carboxylic acids is 1. The van der Waals surface area contributed by atoms with Crippen LogP contribution in [-0.2, 0) is 16.1 Å². The zero-order valence-electron chi connectivity index (χ0n) is 19.5. The molecular formula is C27H31NO6. The van der Waals surface area contributed by atoms with Crippen LogP contribution in [-0.4, -0.2) is 44.0 Å². The van der Waals surface area contributed by atoms with Gasteiger partial charge in [0.15, 0.2) is 6.61 Å². The number of benzene rings is 3. The number of esters is 1. The second-order valence-corrected chi connectivity index (χ2v) is 7.82. The lowest BCUT2D eigenvalue weighted by Gasteiger charge is -2.18. The van der Waals surface area contributed by atoms with E-state index in [1.807, 2.05) is 61.5 Å². The summed E-state index contributed by atoms with van der Waals surface area (Å²) in [6.07, 6.45) is -0.642. The maximum Gasteiger partial charge on any atom is 0.343 e. The molecule has 0 spiro atoms. The molecule has 0 amide bonds. The van der Waals surface area contributed by atoms with Crippen LogP contribution >= 0.6 is 0 Å². The van der Waals surface area contributed by atoms with E-state index in [0.717, 1.165) is 16.9 Å². The third-order valence-corrected chi connectivity index (χ3v) is 5.08. The number of rotatable bonds is 13. The molecular weight excluding hydrogens is 434 g/mol. The molecule has 3 aromatic carbocycles. The largest absolute Gasteiger partial charge is 0.492 e. The van der Waals surface area contributed by atoms with Crippen LogP contribution in [0.4, 0.5) is 0 Å². The smallest absolute Gasteiger partial charge is 0.343 e. The predicted octanol–water partition coefficient (Wildman–Crippen LogP) is 3.91. The molecule has 0 radical (unpaired) electrons. The monoisotopic (exact) mass is 465 g/mol. The molecule has 3 rings (SSSR count). The molecule has 34 heavy (non-hydrogen) atoms. The van der Waals surface area contributed by atoms with Crippen LogP contribution in [0, 0.1) is 0 Å². The lowest BCUT2D eigenvalue weighted by atomic mass is 10.1. The third kappa shape index (κ3) is 8.42. The van der Waals surface area contributed by atoms with Crippen LogP contribution in [0.2, 0.25) is 0 Å². The van der Waals surface area contributed by atoms with Gasteiger partial charge in [-0.3, -0.25) is 0 Å². The van der Waals surface area contributed by atoms with Gasteiger partial charge in [0.05, 0.1) is 13.2 Å². The number of hydrogen-bond donors (Lipinski definition) is 2. The highest BCUT2D eigenvalue weighted by molar-refractivity contribution is 5.70. The molecule has 2 N–H and O–H groups in total. The zero-order chi connectivity index (χ0) is 24.2. The van der Waals surface area contributed by atoms with Crippen molar-refractivity contribution in [2.24, 2.45) is 0 Å². The number of methoxy groups -OCH3 is 1. The highest BCUT2D eigenvalue weighted by Crippen LogP contribution is 2.20. The second-order valence-electron chi connectivity index (χ2n) is 7.82. The molecule has 0 aliphatic rings. The van der Waals surface area contributed by atoms with E-state index in [1.54, 1.807) is 24.3 Å². The topological polar surface area (TPSA) is 86.3 Å². The lowest BCUT2D eigenvalue weighted by molar-refractivity contribution is -0.142. The first-order valence-corrected chi connectivity index (χ1v) is 11.1. The number of nitrogens with one attached hydrogen (secondary N) is 1. The molecule has 180 valence electrons. The Morgan fingerprint density at radius 3 is 2.09 bits per heavy atom. The fourth-order valence-electron chi connectivity index (χ4n) is 3.07. The first kappa shape index (κ1) is 25.1. The lowest BCUT2D eigenvalue weighted by Crippen LogP contribution is -2.34. The summed E-state index contributed by atoms with van der Waals surface area (Å²) in [5.74, 6) is 1.57. The van der Waals surface area contributed by atoms with Gasteiger partial charge in [0.2, 0.25) is 0 Å². The number of aliphatic hydroxyl groups is 1. The van der Waals surface area contributed by atoms with Gasteiger partial charge in [-0.1, -0.05) is 42.5 Å². The first-order chi connectivity index (χ1) is 16.5. The highest BCUT2D eigenvalue weighted by Gasteiger charge is 2.11.